The highest BCUT2D eigenvalue weighted by atomic mass is 16.5. The molecule has 33 heavy (non-hydrogen) atoms. The van der Waals surface area contributed by atoms with Crippen LogP contribution in [0.3, 0.4) is 0 Å². The molecule has 3 N–H and O–H groups in total. The number of H-pyrrole nitrogens is 1. The lowest BCUT2D eigenvalue weighted by Crippen LogP contribution is -2.32. The number of fused-ring (bicyclic) bond motifs is 3. The molecule has 3 atom stereocenters. The van der Waals surface area contributed by atoms with E-state index in [0.717, 1.165) is 59.1 Å². The summed E-state index contributed by atoms with van der Waals surface area (Å²) in [6.45, 7) is 4.29. The fourth-order valence-corrected chi connectivity index (χ4v) is 5.85. The Hall–Kier alpha value is -3.79. The zero-order valence-corrected chi connectivity index (χ0v) is 18.1. The predicted octanol–water partition coefficient (Wildman–Crippen LogP) is 2.32. The Labute approximate surface area is 188 Å². The first-order valence-corrected chi connectivity index (χ1v) is 11.2. The SMILES string of the molecule is Cc1cc([C@@]2(CN)[C@@H]3CCN(c4cnc5c(-c6cccn7nccc67)[nH]nc5n4)C[C@@H]32)no1. The molecule has 5 aromatic rings. The minimum Gasteiger partial charge on any atom is -0.361 e. The van der Waals surface area contributed by atoms with E-state index in [9.17, 15) is 0 Å². The topological polar surface area (TPSA) is 127 Å². The number of aryl methyl sites for hydroxylation is 1. The first-order chi connectivity index (χ1) is 16.2. The molecular weight excluding hydrogens is 418 g/mol. The summed E-state index contributed by atoms with van der Waals surface area (Å²) < 4.78 is 7.20. The summed E-state index contributed by atoms with van der Waals surface area (Å²) in [6.07, 6.45) is 6.60. The second-order valence-electron chi connectivity index (χ2n) is 9.10. The number of hydrogen-bond acceptors (Lipinski definition) is 8. The van der Waals surface area contributed by atoms with Crippen molar-refractivity contribution in [2.24, 2.45) is 17.6 Å². The van der Waals surface area contributed by atoms with Crippen molar-refractivity contribution in [1.82, 2.24) is 34.9 Å². The summed E-state index contributed by atoms with van der Waals surface area (Å²) in [4.78, 5) is 11.9. The molecule has 10 heteroatoms. The van der Waals surface area contributed by atoms with Gasteiger partial charge in [-0.1, -0.05) is 5.16 Å². The second-order valence-corrected chi connectivity index (χ2v) is 9.10. The summed E-state index contributed by atoms with van der Waals surface area (Å²) in [5.41, 5.74) is 11.4. The minimum atomic E-state index is -0.0898. The van der Waals surface area contributed by atoms with E-state index in [4.69, 9.17) is 20.2 Å². The molecule has 1 saturated heterocycles. The summed E-state index contributed by atoms with van der Waals surface area (Å²) in [6, 6.07) is 8.01. The van der Waals surface area contributed by atoms with Crippen LogP contribution < -0.4 is 10.6 Å². The number of piperidine rings is 1. The molecule has 0 unspecified atom stereocenters. The van der Waals surface area contributed by atoms with Gasteiger partial charge >= 0.3 is 0 Å². The zero-order chi connectivity index (χ0) is 22.2. The fraction of sp³-hybridized carbons (Fsp3) is 0.348. The molecule has 10 nitrogen and oxygen atoms in total. The van der Waals surface area contributed by atoms with Crippen LogP contribution in [0.5, 0.6) is 0 Å². The number of rotatable bonds is 4. The highest BCUT2D eigenvalue weighted by Crippen LogP contribution is 2.62. The molecule has 166 valence electrons. The lowest BCUT2D eigenvalue weighted by molar-refractivity contribution is 0.379. The van der Waals surface area contributed by atoms with Crippen LogP contribution in [0.25, 0.3) is 27.9 Å². The smallest absolute Gasteiger partial charge is 0.202 e. The van der Waals surface area contributed by atoms with E-state index in [1.54, 1.807) is 6.20 Å². The number of nitrogens with zero attached hydrogens (tertiary/aromatic N) is 7. The molecule has 0 spiro atoms. The quantitative estimate of drug-likeness (QED) is 0.435. The number of aromatic amines is 1. The van der Waals surface area contributed by atoms with Gasteiger partial charge in [0.05, 0.1) is 29.3 Å². The third-order valence-electron chi connectivity index (χ3n) is 7.55. The van der Waals surface area contributed by atoms with Crippen molar-refractivity contribution in [2.45, 2.75) is 18.8 Å². The van der Waals surface area contributed by atoms with Gasteiger partial charge in [0.25, 0.3) is 0 Å². The molecule has 7 rings (SSSR count). The molecular formula is C23H23N9O. The lowest BCUT2D eigenvalue weighted by atomic mass is 9.97. The van der Waals surface area contributed by atoms with Crippen LogP contribution in [0, 0.1) is 18.8 Å². The Morgan fingerprint density at radius 3 is 3.09 bits per heavy atom. The second kappa shape index (κ2) is 6.61. The molecule has 5 aromatic heterocycles. The first kappa shape index (κ1) is 18.8. The van der Waals surface area contributed by atoms with E-state index >= 15 is 0 Å². The van der Waals surface area contributed by atoms with Crippen LogP contribution in [0.15, 0.2) is 47.4 Å². The molecule has 6 heterocycles. The van der Waals surface area contributed by atoms with Gasteiger partial charge in [-0.3, -0.25) is 5.10 Å². The van der Waals surface area contributed by atoms with Crippen LogP contribution in [0.4, 0.5) is 5.82 Å². The van der Waals surface area contributed by atoms with E-state index < -0.39 is 0 Å². The molecule has 0 radical (unpaired) electrons. The van der Waals surface area contributed by atoms with Crippen molar-refractivity contribution < 1.29 is 4.52 Å². The zero-order valence-electron chi connectivity index (χ0n) is 18.1. The Balaban J connectivity index is 1.20. The van der Waals surface area contributed by atoms with Gasteiger partial charge < -0.3 is 15.2 Å². The Morgan fingerprint density at radius 1 is 1.30 bits per heavy atom. The average Bonchev–Trinajstić information content (AvgIpc) is 3.31. The summed E-state index contributed by atoms with van der Waals surface area (Å²) >= 11 is 0. The third kappa shape index (κ3) is 2.55. The third-order valence-corrected chi connectivity index (χ3v) is 7.55. The molecule has 2 aliphatic rings. The maximum atomic E-state index is 6.27. The first-order valence-electron chi connectivity index (χ1n) is 11.2. The van der Waals surface area contributed by atoms with E-state index in [2.05, 4.69) is 25.4 Å². The summed E-state index contributed by atoms with van der Waals surface area (Å²) in [7, 11) is 0. The van der Waals surface area contributed by atoms with Gasteiger partial charge in [-0.2, -0.15) is 10.2 Å². The molecule has 0 aromatic carbocycles. The number of pyridine rings is 1. The number of hydrogen-bond donors (Lipinski definition) is 2. The standard InChI is InChI=1S/C23H23N9O/c1-13-9-18(30-33-13)23(12-24)15-5-8-31(11-16(15)23)19-10-25-21-20(28-29-22(21)27-19)14-3-2-7-32-17(14)4-6-26-32/h2-4,6-7,9-10,15-16H,5,8,11-12,24H2,1H3,(H,27,28,29)/t15-,16+,23+/m1/s1. The monoisotopic (exact) mass is 441 g/mol. The molecule has 1 aliphatic carbocycles. The largest absolute Gasteiger partial charge is 0.361 e. The molecule has 1 saturated carbocycles. The number of anilines is 1. The van der Waals surface area contributed by atoms with Crippen LogP contribution in [0.2, 0.25) is 0 Å². The van der Waals surface area contributed by atoms with Gasteiger partial charge in [-0.15, -0.1) is 0 Å². The van der Waals surface area contributed by atoms with Crippen LogP contribution in [-0.4, -0.2) is 54.6 Å². The van der Waals surface area contributed by atoms with Crippen molar-refractivity contribution in [3.8, 4) is 11.3 Å². The van der Waals surface area contributed by atoms with Crippen LogP contribution in [0.1, 0.15) is 17.9 Å². The minimum absolute atomic E-state index is 0.0898. The van der Waals surface area contributed by atoms with Crippen molar-refractivity contribution in [3.05, 3.63) is 54.3 Å². The van der Waals surface area contributed by atoms with Crippen molar-refractivity contribution in [2.75, 3.05) is 24.5 Å². The number of nitrogens with two attached hydrogens (primary N) is 1. The molecule has 0 amide bonds. The van der Waals surface area contributed by atoms with Crippen molar-refractivity contribution in [1.29, 1.82) is 0 Å². The fourth-order valence-electron chi connectivity index (χ4n) is 5.85. The predicted molar refractivity (Wildman–Crippen MR) is 122 cm³/mol. The van der Waals surface area contributed by atoms with E-state index in [1.165, 1.54) is 0 Å². The van der Waals surface area contributed by atoms with E-state index in [-0.39, 0.29) is 5.41 Å². The van der Waals surface area contributed by atoms with Gasteiger partial charge in [0, 0.05) is 42.9 Å². The van der Waals surface area contributed by atoms with Crippen molar-refractivity contribution >= 4 is 22.5 Å². The summed E-state index contributed by atoms with van der Waals surface area (Å²) in [5.74, 6) is 2.65. The van der Waals surface area contributed by atoms with Crippen LogP contribution >= 0.6 is 0 Å². The Bertz CT molecular complexity index is 1500. The highest BCUT2D eigenvalue weighted by Gasteiger charge is 2.67. The highest BCUT2D eigenvalue weighted by molar-refractivity contribution is 5.93. The molecule has 1 aliphatic heterocycles. The normalized spacial score (nSPS) is 24.5. The van der Waals surface area contributed by atoms with E-state index in [0.29, 0.717) is 24.0 Å². The molecule has 2 fully saturated rings. The maximum Gasteiger partial charge on any atom is 0.202 e. The average molecular weight is 441 g/mol. The van der Waals surface area contributed by atoms with Crippen LogP contribution in [-0.2, 0) is 5.41 Å². The van der Waals surface area contributed by atoms with Gasteiger partial charge in [0.15, 0.2) is 0 Å². The maximum absolute atomic E-state index is 6.27. The number of nitrogens with one attached hydrogen (secondary N) is 1. The van der Waals surface area contributed by atoms with Gasteiger partial charge in [0.1, 0.15) is 17.1 Å². The molecule has 0 bridgehead atoms. The Kier molecular flexibility index (Phi) is 3.76. The number of aromatic nitrogens is 7. The Morgan fingerprint density at radius 2 is 2.24 bits per heavy atom. The lowest BCUT2D eigenvalue weighted by Gasteiger charge is -2.26. The van der Waals surface area contributed by atoms with Gasteiger partial charge in [0.2, 0.25) is 5.65 Å². The van der Waals surface area contributed by atoms with Gasteiger partial charge in [-0.05, 0) is 43.4 Å². The summed E-state index contributed by atoms with van der Waals surface area (Å²) in [5, 5.41) is 16.2. The van der Waals surface area contributed by atoms with E-state index in [1.807, 2.05) is 48.1 Å². The van der Waals surface area contributed by atoms with Gasteiger partial charge in [-0.25, -0.2) is 14.5 Å². The van der Waals surface area contributed by atoms with Crippen molar-refractivity contribution in [3.63, 3.8) is 0 Å².